The van der Waals surface area contributed by atoms with E-state index in [1.807, 2.05) is 17.5 Å². The van der Waals surface area contributed by atoms with Crippen LogP contribution in [0, 0.1) is 5.41 Å². The van der Waals surface area contributed by atoms with Crippen molar-refractivity contribution in [2.24, 2.45) is 5.41 Å². The molecule has 0 radical (unpaired) electrons. The van der Waals surface area contributed by atoms with Crippen LogP contribution in [-0.4, -0.2) is 44.1 Å². The summed E-state index contributed by atoms with van der Waals surface area (Å²) in [4.78, 5) is 29.0. The third-order valence-corrected chi connectivity index (χ3v) is 6.30. The number of thiophene rings is 1. The van der Waals surface area contributed by atoms with Gasteiger partial charge in [-0.25, -0.2) is 4.79 Å². The second-order valence-electron chi connectivity index (χ2n) is 8.67. The molecule has 1 fully saturated rings. The number of hydrogen-bond donors (Lipinski definition) is 2. The Morgan fingerprint density at radius 2 is 1.74 bits per heavy atom. The number of benzene rings is 1. The van der Waals surface area contributed by atoms with Gasteiger partial charge in [-0.15, -0.1) is 11.3 Å². The number of likely N-dealkylation sites (tertiary alicyclic amines) is 1. The van der Waals surface area contributed by atoms with Gasteiger partial charge in [0.05, 0.1) is 31.5 Å². The van der Waals surface area contributed by atoms with Crippen LogP contribution in [0.15, 0.2) is 29.6 Å². The fourth-order valence-electron chi connectivity index (χ4n) is 3.71. The van der Waals surface area contributed by atoms with E-state index in [9.17, 15) is 9.59 Å². The number of amides is 3. The van der Waals surface area contributed by atoms with Crippen molar-refractivity contribution in [2.45, 2.75) is 39.7 Å². The molecule has 8 heteroatoms. The van der Waals surface area contributed by atoms with Crippen LogP contribution in [0.2, 0.25) is 0 Å². The summed E-state index contributed by atoms with van der Waals surface area (Å²) in [6.45, 7) is 7.66. The molecule has 1 aromatic heterocycles. The van der Waals surface area contributed by atoms with Gasteiger partial charge in [-0.05, 0) is 35.8 Å². The third kappa shape index (κ3) is 5.31. The maximum Gasteiger partial charge on any atom is 0.319 e. The third-order valence-electron chi connectivity index (χ3n) is 5.36. The average molecular weight is 446 g/mol. The number of hydrogen-bond acceptors (Lipinski definition) is 5. The number of anilines is 1. The van der Waals surface area contributed by atoms with E-state index >= 15 is 0 Å². The standard InChI is InChI=1S/C23H31N3O4S/c1-23(2,3)20(19-9-8-12-31-19)25-22(28)24-16-14-18(30-5)17(29-4)13-15(16)21(27)26-10-6-7-11-26/h8-9,12-14,20H,6-7,10-11H2,1-5H3,(H2,24,25,28)/t20-/m1/s1. The van der Waals surface area contributed by atoms with E-state index in [4.69, 9.17) is 9.47 Å². The zero-order chi connectivity index (χ0) is 22.6. The van der Waals surface area contributed by atoms with Crippen molar-refractivity contribution in [1.29, 1.82) is 0 Å². The van der Waals surface area contributed by atoms with Gasteiger partial charge in [-0.3, -0.25) is 4.79 Å². The van der Waals surface area contributed by atoms with Crippen molar-refractivity contribution >= 4 is 29.0 Å². The Balaban J connectivity index is 1.89. The molecule has 31 heavy (non-hydrogen) atoms. The summed E-state index contributed by atoms with van der Waals surface area (Å²) in [6, 6.07) is 6.70. The fraction of sp³-hybridized carbons (Fsp3) is 0.478. The first kappa shape index (κ1) is 22.9. The molecule has 0 unspecified atom stereocenters. The van der Waals surface area contributed by atoms with Gasteiger partial charge in [0.15, 0.2) is 11.5 Å². The van der Waals surface area contributed by atoms with E-state index in [0.29, 0.717) is 35.8 Å². The first-order valence-corrected chi connectivity index (χ1v) is 11.3. The number of nitrogens with one attached hydrogen (secondary N) is 2. The van der Waals surface area contributed by atoms with Gasteiger partial charge >= 0.3 is 6.03 Å². The highest BCUT2D eigenvalue weighted by molar-refractivity contribution is 7.10. The quantitative estimate of drug-likeness (QED) is 0.662. The lowest BCUT2D eigenvalue weighted by Crippen LogP contribution is -2.39. The molecule has 1 aromatic carbocycles. The first-order valence-electron chi connectivity index (χ1n) is 10.4. The molecule has 1 aliphatic heterocycles. The van der Waals surface area contributed by atoms with Gasteiger partial charge in [-0.1, -0.05) is 26.8 Å². The summed E-state index contributed by atoms with van der Waals surface area (Å²) in [6.07, 6.45) is 1.96. The zero-order valence-electron chi connectivity index (χ0n) is 18.8. The minimum Gasteiger partial charge on any atom is -0.493 e. The van der Waals surface area contributed by atoms with E-state index in [1.54, 1.807) is 28.4 Å². The largest absolute Gasteiger partial charge is 0.493 e. The van der Waals surface area contributed by atoms with Crippen LogP contribution in [-0.2, 0) is 0 Å². The molecule has 2 heterocycles. The molecular weight excluding hydrogens is 414 g/mol. The Kier molecular flexibility index (Phi) is 7.10. The van der Waals surface area contributed by atoms with E-state index < -0.39 is 0 Å². The summed E-state index contributed by atoms with van der Waals surface area (Å²) < 4.78 is 10.8. The summed E-state index contributed by atoms with van der Waals surface area (Å²) >= 11 is 1.60. The van der Waals surface area contributed by atoms with Gasteiger partial charge in [0.2, 0.25) is 0 Å². The van der Waals surface area contributed by atoms with Gasteiger partial charge in [0, 0.05) is 24.0 Å². The summed E-state index contributed by atoms with van der Waals surface area (Å²) in [5.41, 5.74) is 0.595. The van der Waals surface area contributed by atoms with Crippen molar-refractivity contribution in [3.8, 4) is 11.5 Å². The minimum absolute atomic E-state index is 0.126. The first-order chi connectivity index (χ1) is 14.7. The highest BCUT2D eigenvalue weighted by atomic mass is 32.1. The Hall–Kier alpha value is -2.74. The van der Waals surface area contributed by atoms with Crippen molar-refractivity contribution in [1.82, 2.24) is 10.2 Å². The summed E-state index contributed by atoms with van der Waals surface area (Å²) in [5, 5.41) is 7.94. The lowest BCUT2D eigenvalue weighted by molar-refractivity contribution is 0.0793. The molecule has 1 aliphatic rings. The maximum atomic E-state index is 13.1. The Morgan fingerprint density at radius 1 is 1.10 bits per heavy atom. The van der Waals surface area contributed by atoms with Gasteiger partial charge < -0.3 is 25.0 Å². The lowest BCUT2D eigenvalue weighted by atomic mass is 9.86. The fourth-order valence-corrected chi connectivity index (χ4v) is 4.73. The Morgan fingerprint density at radius 3 is 2.29 bits per heavy atom. The SMILES string of the molecule is COc1cc(NC(=O)N[C@H](c2cccs2)C(C)(C)C)c(C(=O)N2CCCC2)cc1OC. The molecule has 7 nitrogen and oxygen atoms in total. The van der Waals surface area contributed by atoms with Crippen LogP contribution in [0.5, 0.6) is 11.5 Å². The second kappa shape index (κ2) is 9.60. The van der Waals surface area contributed by atoms with Gasteiger partial charge in [0.1, 0.15) is 0 Å². The number of urea groups is 1. The van der Waals surface area contributed by atoms with Crippen LogP contribution in [0.1, 0.15) is 54.9 Å². The van der Waals surface area contributed by atoms with Crippen LogP contribution in [0.25, 0.3) is 0 Å². The molecule has 0 aliphatic carbocycles. The molecule has 1 saturated heterocycles. The lowest BCUT2D eigenvalue weighted by Gasteiger charge is -2.31. The number of rotatable bonds is 6. The monoisotopic (exact) mass is 445 g/mol. The topological polar surface area (TPSA) is 79.9 Å². The molecule has 0 saturated carbocycles. The second-order valence-corrected chi connectivity index (χ2v) is 9.64. The molecule has 168 valence electrons. The molecule has 0 spiro atoms. The molecule has 3 amide bonds. The normalized spacial score (nSPS) is 14.8. The molecule has 0 bridgehead atoms. The number of carbonyl (C=O) groups is 2. The average Bonchev–Trinajstić information content (AvgIpc) is 3.44. The number of nitrogens with zero attached hydrogens (tertiary/aromatic N) is 1. The maximum absolute atomic E-state index is 13.1. The molecular formula is C23H31N3O4S. The summed E-state index contributed by atoms with van der Waals surface area (Å²) in [5.74, 6) is 0.767. The van der Waals surface area contributed by atoms with Crippen LogP contribution < -0.4 is 20.1 Å². The minimum atomic E-state index is -0.379. The van der Waals surface area contributed by atoms with E-state index in [2.05, 4.69) is 31.4 Å². The Labute approximate surface area is 187 Å². The molecule has 2 N–H and O–H groups in total. The number of carbonyl (C=O) groups excluding carboxylic acids is 2. The molecule has 3 rings (SSSR count). The van der Waals surface area contributed by atoms with Crippen LogP contribution in [0.3, 0.4) is 0 Å². The van der Waals surface area contributed by atoms with Crippen molar-refractivity contribution in [3.05, 3.63) is 40.1 Å². The van der Waals surface area contributed by atoms with Gasteiger partial charge in [-0.2, -0.15) is 0 Å². The smallest absolute Gasteiger partial charge is 0.319 e. The molecule has 1 atom stereocenters. The summed E-state index contributed by atoms with van der Waals surface area (Å²) in [7, 11) is 3.05. The zero-order valence-corrected chi connectivity index (χ0v) is 19.6. The highest BCUT2D eigenvalue weighted by Crippen LogP contribution is 2.37. The predicted molar refractivity (Wildman–Crippen MR) is 123 cm³/mol. The van der Waals surface area contributed by atoms with Crippen molar-refractivity contribution in [3.63, 3.8) is 0 Å². The Bertz CT molecular complexity index is 916. The van der Waals surface area contributed by atoms with Gasteiger partial charge in [0.25, 0.3) is 5.91 Å². The number of ether oxygens (including phenoxy) is 2. The highest BCUT2D eigenvalue weighted by Gasteiger charge is 2.30. The number of methoxy groups -OCH3 is 2. The van der Waals surface area contributed by atoms with Crippen molar-refractivity contribution < 1.29 is 19.1 Å². The van der Waals surface area contributed by atoms with E-state index in [1.165, 1.54) is 14.2 Å². The van der Waals surface area contributed by atoms with Crippen molar-refractivity contribution in [2.75, 3.05) is 32.6 Å². The van der Waals surface area contributed by atoms with Crippen LogP contribution >= 0.6 is 11.3 Å². The molecule has 2 aromatic rings. The van der Waals surface area contributed by atoms with Crippen LogP contribution in [0.4, 0.5) is 10.5 Å². The van der Waals surface area contributed by atoms with E-state index in [-0.39, 0.29) is 23.4 Å². The van der Waals surface area contributed by atoms with E-state index in [0.717, 1.165) is 17.7 Å². The predicted octanol–water partition coefficient (Wildman–Crippen LogP) is 4.91.